The second-order valence-corrected chi connectivity index (χ2v) is 5.42. The van der Waals surface area contributed by atoms with Crippen LogP contribution in [-0.2, 0) is 4.79 Å². The summed E-state index contributed by atoms with van der Waals surface area (Å²) < 4.78 is 0. The van der Waals surface area contributed by atoms with Gasteiger partial charge in [0.1, 0.15) is 6.04 Å². The van der Waals surface area contributed by atoms with Crippen LogP contribution in [0.4, 0.5) is 0 Å². The third-order valence-electron chi connectivity index (χ3n) is 2.33. The molecule has 1 aliphatic rings. The Kier molecular flexibility index (Phi) is 3.64. The molecule has 0 amide bonds. The van der Waals surface area contributed by atoms with Crippen LogP contribution in [0.15, 0.2) is 18.2 Å². The molecular formula is C10H9Cl2NO2S. The van der Waals surface area contributed by atoms with Crippen molar-refractivity contribution in [2.75, 3.05) is 5.75 Å². The number of rotatable bonds is 2. The lowest BCUT2D eigenvalue weighted by Gasteiger charge is -2.13. The number of benzene rings is 1. The van der Waals surface area contributed by atoms with Gasteiger partial charge in [0.25, 0.3) is 0 Å². The van der Waals surface area contributed by atoms with Gasteiger partial charge in [-0.15, -0.1) is 11.8 Å². The van der Waals surface area contributed by atoms with Gasteiger partial charge in [-0.3, -0.25) is 10.1 Å². The van der Waals surface area contributed by atoms with E-state index in [1.54, 1.807) is 12.1 Å². The fourth-order valence-electron chi connectivity index (χ4n) is 1.51. The molecule has 1 saturated heterocycles. The summed E-state index contributed by atoms with van der Waals surface area (Å²) in [5, 5.41) is 12.9. The summed E-state index contributed by atoms with van der Waals surface area (Å²) in [4.78, 5) is 10.8. The Hall–Kier alpha value is -0.420. The minimum absolute atomic E-state index is 0.0779. The van der Waals surface area contributed by atoms with E-state index in [1.165, 1.54) is 11.8 Å². The summed E-state index contributed by atoms with van der Waals surface area (Å²) in [5.74, 6) is -0.293. The summed E-state index contributed by atoms with van der Waals surface area (Å²) in [7, 11) is 0. The molecule has 0 spiro atoms. The zero-order valence-electron chi connectivity index (χ0n) is 8.11. The van der Waals surface area contributed by atoms with Crippen LogP contribution < -0.4 is 5.32 Å². The minimum Gasteiger partial charge on any atom is -0.480 e. The molecule has 6 heteroatoms. The van der Waals surface area contributed by atoms with Crippen LogP contribution in [0.2, 0.25) is 10.0 Å². The highest BCUT2D eigenvalue weighted by Gasteiger charge is 2.31. The van der Waals surface area contributed by atoms with Crippen molar-refractivity contribution in [2.45, 2.75) is 11.4 Å². The van der Waals surface area contributed by atoms with E-state index in [1.807, 2.05) is 6.07 Å². The first-order valence-electron chi connectivity index (χ1n) is 4.63. The summed E-state index contributed by atoms with van der Waals surface area (Å²) in [6.07, 6.45) is 0. The van der Waals surface area contributed by atoms with Gasteiger partial charge >= 0.3 is 5.97 Å². The van der Waals surface area contributed by atoms with Crippen LogP contribution in [0.5, 0.6) is 0 Å². The molecule has 2 atom stereocenters. The number of carboxylic acid groups (broad SMARTS) is 1. The maximum absolute atomic E-state index is 10.8. The molecule has 1 aliphatic heterocycles. The number of aliphatic carboxylic acids is 1. The van der Waals surface area contributed by atoms with Crippen molar-refractivity contribution < 1.29 is 9.90 Å². The third-order valence-corrected chi connectivity index (χ3v) is 4.14. The average Bonchev–Trinajstić information content (AvgIpc) is 2.66. The molecule has 1 fully saturated rings. The molecule has 3 nitrogen and oxygen atoms in total. The lowest BCUT2D eigenvalue weighted by atomic mass is 10.2. The molecule has 2 N–H and O–H groups in total. The zero-order chi connectivity index (χ0) is 11.7. The average molecular weight is 278 g/mol. The Morgan fingerprint density at radius 1 is 1.50 bits per heavy atom. The van der Waals surface area contributed by atoms with E-state index >= 15 is 0 Å². The summed E-state index contributed by atoms with van der Waals surface area (Å²) in [5.41, 5.74) is 0.875. The third kappa shape index (κ3) is 2.46. The van der Waals surface area contributed by atoms with Crippen LogP contribution >= 0.6 is 35.0 Å². The molecule has 0 radical (unpaired) electrons. The van der Waals surface area contributed by atoms with E-state index in [-0.39, 0.29) is 5.37 Å². The topological polar surface area (TPSA) is 49.3 Å². The van der Waals surface area contributed by atoms with E-state index in [0.717, 1.165) is 5.56 Å². The van der Waals surface area contributed by atoms with Gasteiger partial charge in [0.2, 0.25) is 0 Å². The Morgan fingerprint density at radius 3 is 2.81 bits per heavy atom. The van der Waals surface area contributed by atoms with Crippen molar-refractivity contribution in [2.24, 2.45) is 0 Å². The Morgan fingerprint density at radius 2 is 2.25 bits per heavy atom. The number of carboxylic acids is 1. The highest BCUT2D eigenvalue weighted by molar-refractivity contribution is 7.99. The molecule has 1 heterocycles. The predicted molar refractivity (Wildman–Crippen MR) is 66.2 cm³/mol. The second-order valence-electron chi connectivity index (χ2n) is 3.44. The van der Waals surface area contributed by atoms with Crippen LogP contribution in [-0.4, -0.2) is 22.9 Å². The summed E-state index contributed by atoms with van der Waals surface area (Å²) in [6.45, 7) is 0. The first-order chi connectivity index (χ1) is 7.58. The first kappa shape index (κ1) is 12.0. The highest BCUT2D eigenvalue weighted by atomic mass is 35.5. The van der Waals surface area contributed by atoms with Crippen LogP contribution in [0, 0.1) is 0 Å². The van der Waals surface area contributed by atoms with Crippen LogP contribution in [0.1, 0.15) is 10.9 Å². The van der Waals surface area contributed by atoms with Crippen molar-refractivity contribution in [3.63, 3.8) is 0 Å². The molecule has 86 valence electrons. The van der Waals surface area contributed by atoms with Gasteiger partial charge < -0.3 is 5.11 Å². The summed E-state index contributed by atoms with van der Waals surface area (Å²) in [6, 6.07) is 4.72. The maximum Gasteiger partial charge on any atom is 0.321 e. The Bertz CT molecular complexity index is 427. The molecule has 0 saturated carbocycles. The van der Waals surface area contributed by atoms with E-state index < -0.39 is 12.0 Å². The van der Waals surface area contributed by atoms with E-state index in [0.29, 0.717) is 15.8 Å². The minimum atomic E-state index is -0.833. The van der Waals surface area contributed by atoms with Gasteiger partial charge in [0.15, 0.2) is 0 Å². The molecule has 2 rings (SSSR count). The molecular weight excluding hydrogens is 269 g/mol. The predicted octanol–water partition coefficient (Wildman–Crippen LogP) is 2.78. The smallest absolute Gasteiger partial charge is 0.321 e. The normalized spacial score (nSPS) is 24.6. The van der Waals surface area contributed by atoms with Crippen molar-refractivity contribution in [1.82, 2.24) is 5.32 Å². The van der Waals surface area contributed by atoms with Gasteiger partial charge in [-0.2, -0.15) is 0 Å². The first-order valence-corrected chi connectivity index (χ1v) is 6.44. The van der Waals surface area contributed by atoms with Gasteiger partial charge in [-0.05, 0) is 17.7 Å². The van der Waals surface area contributed by atoms with Crippen molar-refractivity contribution in [3.8, 4) is 0 Å². The van der Waals surface area contributed by atoms with Crippen LogP contribution in [0.25, 0.3) is 0 Å². The lowest BCUT2D eigenvalue weighted by molar-refractivity contribution is -0.138. The quantitative estimate of drug-likeness (QED) is 0.873. The van der Waals surface area contributed by atoms with Gasteiger partial charge in [0, 0.05) is 15.8 Å². The monoisotopic (exact) mass is 277 g/mol. The second kappa shape index (κ2) is 4.84. The van der Waals surface area contributed by atoms with E-state index in [2.05, 4.69) is 5.32 Å². The number of carbonyl (C=O) groups is 1. The standard InChI is InChI=1S/C10H9Cl2NO2S/c11-5-1-2-6(7(12)3-5)9-13-8(4-16-9)10(14)15/h1-3,8-9,13H,4H2,(H,14,15)/t8?,9-/m1/s1. The molecule has 0 aromatic heterocycles. The largest absolute Gasteiger partial charge is 0.480 e. The van der Waals surface area contributed by atoms with Gasteiger partial charge in [-0.1, -0.05) is 29.3 Å². The number of hydrogen-bond acceptors (Lipinski definition) is 3. The Balaban J connectivity index is 2.17. The fourth-order valence-corrected chi connectivity index (χ4v) is 3.36. The zero-order valence-corrected chi connectivity index (χ0v) is 10.4. The maximum atomic E-state index is 10.8. The van der Waals surface area contributed by atoms with E-state index in [4.69, 9.17) is 28.3 Å². The number of thioether (sulfide) groups is 1. The molecule has 1 aromatic rings. The Labute approximate surface area is 107 Å². The number of halogens is 2. The van der Waals surface area contributed by atoms with E-state index in [9.17, 15) is 4.79 Å². The van der Waals surface area contributed by atoms with Crippen molar-refractivity contribution in [3.05, 3.63) is 33.8 Å². The fraction of sp³-hybridized carbons (Fsp3) is 0.300. The number of hydrogen-bond donors (Lipinski definition) is 2. The van der Waals surface area contributed by atoms with Crippen LogP contribution in [0.3, 0.4) is 0 Å². The van der Waals surface area contributed by atoms with Gasteiger partial charge in [0.05, 0.1) is 5.37 Å². The molecule has 0 aliphatic carbocycles. The number of nitrogens with one attached hydrogen (secondary N) is 1. The SMILES string of the molecule is O=C(O)C1CS[C@H](c2ccc(Cl)cc2Cl)N1. The molecule has 1 aromatic carbocycles. The molecule has 0 bridgehead atoms. The van der Waals surface area contributed by atoms with Gasteiger partial charge in [-0.25, -0.2) is 0 Å². The summed E-state index contributed by atoms with van der Waals surface area (Å²) >= 11 is 13.4. The van der Waals surface area contributed by atoms with Crippen molar-refractivity contribution >= 4 is 40.9 Å². The highest BCUT2D eigenvalue weighted by Crippen LogP contribution is 2.37. The molecule has 1 unspecified atom stereocenters. The molecule has 16 heavy (non-hydrogen) atoms. The lowest BCUT2D eigenvalue weighted by Crippen LogP contribution is -2.33. The van der Waals surface area contributed by atoms with Crippen molar-refractivity contribution in [1.29, 1.82) is 0 Å².